The molecule has 0 bridgehead atoms. The van der Waals surface area contributed by atoms with E-state index in [-0.39, 0.29) is 5.75 Å². The van der Waals surface area contributed by atoms with Gasteiger partial charge in [-0.3, -0.25) is 4.99 Å². The molecule has 1 aliphatic heterocycles. The number of nitrogens with zero attached hydrogens (tertiary/aromatic N) is 4. The quantitative estimate of drug-likeness (QED) is 0.571. The maximum atomic E-state index is 10.5. The molecule has 0 aliphatic carbocycles. The molecule has 0 radical (unpaired) electrons. The van der Waals surface area contributed by atoms with Crippen molar-refractivity contribution < 1.29 is 14.6 Å². The lowest BCUT2D eigenvalue weighted by Gasteiger charge is -2.26. The molecule has 7 heteroatoms. The first-order valence-corrected chi connectivity index (χ1v) is 10.9. The fourth-order valence-electron chi connectivity index (χ4n) is 3.99. The van der Waals surface area contributed by atoms with E-state index in [0.29, 0.717) is 11.5 Å². The van der Waals surface area contributed by atoms with E-state index in [1.165, 1.54) is 14.2 Å². The third-order valence-electron chi connectivity index (χ3n) is 6.00. The van der Waals surface area contributed by atoms with Crippen LogP contribution in [0.3, 0.4) is 0 Å². The van der Waals surface area contributed by atoms with Crippen LogP contribution in [0.4, 0.5) is 11.4 Å². The van der Waals surface area contributed by atoms with Gasteiger partial charge in [0.25, 0.3) is 0 Å². The van der Waals surface area contributed by atoms with Crippen molar-refractivity contribution in [3.8, 4) is 17.2 Å². The molecule has 0 spiro atoms. The maximum absolute atomic E-state index is 10.5. The van der Waals surface area contributed by atoms with Crippen LogP contribution in [-0.2, 0) is 5.66 Å². The molecular weight excluding hydrogens is 428 g/mol. The van der Waals surface area contributed by atoms with Gasteiger partial charge in [0.05, 0.1) is 26.1 Å². The average Bonchev–Trinajstić information content (AvgIpc) is 3.31. The highest BCUT2D eigenvalue weighted by Crippen LogP contribution is 2.45. The normalized spacial score (nSPS) is 16.8. The van der Waals surface area contributed by atoms with Gasteiger partial charge in [-0.25, -0.2) is 4.99 Å². The number of aromatic hydroxyl groups is 1. The number of phenols is 1. The third-order valence-corrected chi connectivity index (χ3v) is 6.00. The van der Waals surface area contributed by atoms with E-state index in [9.17, 15) is 5.11 Å². The number of aliphatic imine (C=N–C) groups is 2. The Morgan fingerprint density at radius 2 is 1.24 bits per heavy atom. The first-order valence-electron chi connectivity index (χ1n) is 10.9. The molecule has 1 N–H and O–H groups in total. The van der Waals surface area contributed by atoms with Crippen molar-refractivity contribution in [2.75, 3.05) is 52.2 Å². The number of methoxy groups -OCH3 is 2. The summed E-state index contributed by atoms with van der Waals surface area (Å²) in [6.07, 6.45) is 1.80. The molecule has 3 aromatic rings. The predicted octanol–water partition coefficient (Wildman–Crippen LogP) is 4.32. The van der Waals surface area contributed by atoms with E-state index in [1.807, 2.05) is 69.5 Å². The topological polar surface area (TPSA) is 69.9 Å². The Morgan fingerprint density at radius 3 is 1.71 bits per heavy atom. The Balaban J connectivity index is 1.89. The highest BCUT2D eigenvalue weighted by Gasteiger charge is 2.38. The Bertz CT molecular complexity index is 1210. The molecule has 1 atom stereocenters. The van der Waals surface area contributed by atoms with Crippen LogP contribution in [0.25, 0.3) is 0 Å². The van der Waals surface area contributed by atoms with E-state index in [0.717, 1.165) is 33.8 Å². The van der Waals surface area contributed by atoms with Gasteiger partial charge in [-0.2, -0.15) is 0 Å². The molecule has 0 aromatic heterocycles. The van der Waals surface area contributed by atoms with Gasteiger partial charge < -0.3 is 24.4 Å². The molecule has 176 valence electrons. The van der Waals surface area contributed by atoms with Crippen LogP contribution in [0.5, 0.6) is 17.2 Å². The number of benzene rings is 3. The average molecular weight is 459 g/mol. The van der Waals surface area contributed by atoms with E-state index in [2.05, 4.69) is 17.0 Å². The van der Waals surface area contributed by atoms with Gasteiger partial charge in [0.1, 0.15) is 0 Å². The van der Waals surface area contributed by atoms with Gasteiger partial charge in [0.15, 0.2) is 11.5 Å². The number of hydrogen-bond donors (Lipinski definition) is 1. The second kappa shape index (κ2) is 9.09. The third kappa shape index (κ3) is 4.05. The number of hydrogen-bond acceptors (Lipinski definition) is 7. The van der Waals surface area contributed by atoms with Gasteiger partial charge in [-0.05, 0) is 36.4 Å². The summed E-state index contributed by atoms with van der Waals surface area (Å²) in [5, 5.41) is 10.5. The fraction of sp³-hybridized carbons (Fsp3) is 0.259. The highest BCUT2D eigenvalue weighted by atomic mass is 16.5. The Morgan fingerprint density at radius 1 is 0.735 bits per heavy atom. The van der Waals surface area contributed by atoms with Crippen molar-refractivity contribution in [3.63, 3.8) is 0 Å². The van der Waals surface area contributed by atoms with Crippen LogP contribution in [0.2, 0.25) is 0 Å². The monoisotopic (exact) mass is 458 g/mol. The van der Waals surface area contributed by atoms with E-state index in [1.54, 1.807) is 18.3 Å². The van der Waals surface area contributed by atoms with Crippen molar-refractivity contribution in [2.24, 2.45) is 9.98 Å². The Kier molecular flexibility index (Phi) is 6.20. The van der Waals surface area contributed by atoms with Gasteiger partial charge in [0, 0.05) is 56.3 Å². The summed E-state index contributed by atoms with van der Waals surface area (Å²) in [7, 11) is 11.0. The molecule has 34 heavy (non-hydrogen) atoms. The number of anilines is 2. The van der Waals surface area contributed by atoms with Crippen LogP contribution >= 0.6 is 0 Å². The van der Waals surface area contributed by atoms with Crippen LogP contribution < -0.4 is 19.3 Å². The number of ether oxygens (including phenoxy) is 2. The van der Waals surface area contributed by atoms with Crippen molar-refractivity contribution >= 4 is 23.3 Å². The number of phenolic OH excluding ortho intramolecular Hbond substituents is 1. The first kappa shape index (κ1) is 23.2. The summed E-state index contributed by atoms with van der Waals surface area (Å²) in [6, 6.07) is 19.9. The first-order chi connectivity index (χ1) is 16.3. The molecule has 0 amide bonds. The van der Waals surface area contributed by atoms with Gasteiger partial charge in [-0.1, -0.05) is 24.3 Å². The summed E-state index contributed by atoms with van der Waals surface area (Å²) in [6.45, 7) is 0. The SMILES string of the molecule is COc1cc(C2(c3ccc(N(C)C)cc3)N=CC(c3ccc(N(C)C)cc3)=N2)cc(OC)c1O. The molecule has 1 heterocycles. The Labute approximate surface area is 200 Å². The van der Waals surface area contributed by atoms with Crippen molar-refractivity contribution in [1.29, 1.82) is 0 Å². The standard InChI is InChI=1S/C27H30N4O3/c1-30(2)21-11-7-18(8-12-21)23-17-28-27(29-23,19-9-13-22(14-10-19)31(3)4)20-15-24(33-5)26(32)25(16-20)34-6/h7-17,32H,1-6H3. The molecule has 0 fully saturated rings. The molecule has 0 saturated heterocycles. The van der Waals surface area contributed by atoms with Crippen molar-refractivity contribution in [1.82, 2.24) is 0 Å². The lowest BCUT2D eigenvalue weighted by atomic mass is 9.91. The van der Waals surface area contributed by atoms with Crippen LogP contribution in [0.15, 0.2) is 70.6 Å². The molecule has 4 rings (SSSR count). The summed E-state index contributed by atoms with van der Waals surface area (Å²) in [5.74, 6) is 0.540. The minimum atomic E-state index is -1.05. The summed E-state index contributed by atoms with van der Waals surface area (Å²) in [5.41, 5.74) is 4.50. The number of rotatable bonds is 7. The molecule has 0 saturated carbocycles. The van der Waals surface area contributed by atoms with Crippen molar-refractivity contribution in [2.45, 2.75) is 5.66 Å². The highest BCUT2D eigenvalue weighted by molar-refractivity contribution is 6.39. The molecular formula is C27H30N4O3. The zero-order valence-electron chi connectivity index (χ0n) is 20.4. The summed E-state index contributed by atoms with van der Waals surface area (Å²) < 4.78 is 10.8. The summed E-state index contributed by atoms with van der Waals surface area (Å²) >= 11 is 0. The Hall–Kier alpha value is -4.00. The fourth-order valence-corrected chi connectivity index (χ4v) is 3.99. The summed E-state index contributed by atoms with van der Waals surface area (Å²) in [4.78, 5) is 14.2. The van der Waals surface area contributed by atoms with Crippen LogP contribution in [0, 0.1) is 0 Å². The minimum absolute atomic E-state index is 0.0580. The van der Waals surface area contributed by atoms with E-state index in [4.69, 9.17) is 19.5 Å². The largest absolute Gasteiger partial charge is 0.502 e. The molecule has 7 nitrogen and oxygen atoms in total. The minimum Gasteiger partial charge on any atom is -0.502 e. The van der Waals surface area contributed by atoms with Gasteiger partial charge in [-0.15, -0.1) is 0 Å². The van der Waals surface area contributed by atoms with Crippen LogP contribution in [-0.4, -0.2) is 59.4 Å². The van der Waals surface area contributed by atoms with Gasteiger partial charge >= 0.3 is 0 Å². The predicted molar refractivity (Wildman–Crippen MR) is 139 cm³/mol. The van der Waals surface area contributed by atoms with Crippen LogP contribution in [0.1, 0.15) is 16.7 Å². The molecule has 1 unspecified atom stereocenters. The molecule has 1 aliphatic rings. The van der Waals surface area contributed by atoms with Crippen molar-refractivity contribution in [3.05, 3.63) is 77.4 Å². The van der Waals surface area contributed by atoms with E-state index < -0.39 is 5.66 Å². The molecule has 3 aromatic carbocycles. The zero-order valence-corrected chi connectivity index (χ0v) is 20.4. The van der Waals surface area contributed by atoms with E-state index >= 15 is 0 Å². The maximum Gasteiger partial charge on any atom is 0.202 e. The second-order valence-corrected chi connectivity index (χ2v) is 8.54. The smallest absolute Gasteiger partial charge is 0.202 e. The van der Waals surface area contributed by atoms with Gasteiger partial charge in [0.2, 0.25) is 11.4 Å². The zero-order chi connectivity index (χ0) is 24.5. The second-order valence-electron chi connectivity index (χ2n) is 8.54. The lowest BCUT2D eigenvalue weighted by Crippen LogP contribution is -2.22. The lowest BCUT2D eigenvalue weighted by molar-refractivity contribution is 0.337.